The van der Waals surface area contributed by atoms with Gasteiger partial charge < -0.3 is 10.0 Å². The molecule has 1 unspecified atom stereocenters. The van der Waals surface area contributed by atoms with Gasteiger partial charge in [0.1, 0.15) is 0 Å². The van der Waals surface area contributed by atoms with Crippen molar-refractivity contribution in [1.82, 2.24) is 14.7 Å². The van der Waals surface area contributed by atoms with Crippen LogP contribution in [0.4, 0.5) is 0 Å². The summed E-state index contributed by atoms with van der Waals surface area (Å²) >= 11 is 0. The second kappa shape index (κ2) is 6.93. The molecule has 1 saturated carbocycles. The van der Waals surface area contributed by atoms with Crippen molar-refractivity contribution in [3.05, 3.63) is 17.5 Å². The molecule has 1 aromatic heterocycles. The van der Waals surface area contributed by atoms with Gasteiger partial charge in [-0.1, -0.05) is 25.7 Å². The first kappa shape index (κ1) is 16.5. The Morgan fingerprint density at radius 2 is 1.90 bits per heavy atom. The van der Waals surface area contributed by atoms with Gasteiger partial charge in [-0.2, -0.15) is 5.10 Å². The maximum atomic E-state index is 11.0. The number of aliphatic hydroxyl groups excluding tert-OH is 1. The molecule has 1 fully saturated rings. The van der Waals surface area contributed by atoms with Crippen LogP contribution in [-0.4, -0.2) is 45.5 Å². The van der Waals surface area contributed by atoms with E-state index in [9.17, 15) is 5.11 Å². The first-order valence-electron chi connectivity index (χ1n) is 8.38. The molecule has 1 N–H and O–H groups in total. The highest BCUT2D eigenvalue weighted by molar-refractivity contribution is 5.12. The molecule has 0 aromatic carbocycles. The number of aliphatic hydroxyl groups is 1. The van der Waals surface area contributed by atoms with E-state index in [1.807, 2.05) is 11.6 Å². The van der Waals surface area contributed by atoms with Crippen molar-refractivity contribution in [3.8, 4) is 0 Å². The second-order valence-corrected chi connectivity index (χ2v) is 6.72. The summed E-state index contributed by atoms with van der Waals surface area (Å²) in [6.07, 6.45) is 7.62. The zero-order valence-electron chi connectivity index (χ0n) is 14.1. The highest BCUT2D eigenvalue weighted by atomic mass is 16.3. The highest BCUT2D eigenvalue weighted by Gasteiger charge is 2.40. The van der Waals surface area contributed by atoms with E-state index in [1.54, 1.807) is 0 Å². The lowest BCUT2D eigenvalue weighted by Crippen LogP contribution is -2.54. The van der Waals surface area contributed by atoms with E-state index in [0.717, 1.165) is 30.8 Å². The summed E-state index contributed by atoms with van der Waals surface area (Å²) in [6, 6.07) is 2.12. The number of aromatic nitrogens is 2. The summed E-state index contributed by atoms with van der Waals surface area (Å²) in [5.74, 6) is 0. The van der Waals surface area contributed by atoms with E-state index in [1.165, 1.54) is 25.7 Å². The van der Waals surface area contributed by atoms with E-state index < -0.39 is 0 Å². The Morgan fingerprint density at radius 3 is 2.43 bits per heavy atom. The van der Waals surface area contributed by atoms with Gasteiger partial charge in [-0.25, -0.2) is 0 Å². The van der Waals surface area contributed by atoms with Crippen molar-refractivity contribution >= 4 is 0 Å². The van der Waals surface area contributed by atoms with Gasteiger partial charge in [0.15, 0.2) is 0 Å². The van der Waals surface area contributed by atoms with E-state index >= 15 is 0 Å². The number of hydrogen-bond donors (Lipinski definition) is 1. The topological polar surface area (TPSA) is 41.3 Å². The molecule has 1 aliphatic carbocycles. The molecule has 4 heteroatoms. The number of hydrogen-bond acceptors (Lipinski definition) is 3. The molecule has 0 saturated heterocycles. The Kier molecular flexibility index (Phi) is 5.44. The van der Waals surface area contributed by atoms with Crippen LogP contribution in [0.3, 0.4) is 0 Å². The summed E-state index contributed by atoms with van der Waals surface area (Å²) in [5, 5.41) is 15.5. The normalized spacial score (nSPS) is 20.5. The summed E-state index contributed by atoms with van der Waals surface area (Å²) in [7, 11) is 4.24. The molecule has 4 nitrogen and oxygen atoms in total. The monoisotopic (exact) mass is 293 g/mol. The minimum absolute atomic E-state index is 0.0761. The quantitative estimate of drug-likeness (QED) is 0.849. The van der Waals surface area contributed by atoms with E-state index in [0.29, 0.717) is 6.42 Å². The van der Waals surface area contributed by atoms with Crippen molar-refractivity contribution in [2.24, 2.45) is 0 Å². The van der Waals surface area contributed by atoms with Crippen LogP contribution in [0.15, 0.2) is 6.07 Å². The molecule has 0 spiro atoms. The van der Waals surface area contributed by atoms with Gasteiger partial charge in [-0.05, 0) is 46.9 Å². The lowest BCUT2D eigenvalue weighted by atomic mass is 9.81. The van der Waals surface area contributed by atoms with Crippen LogP contribution in [0.2, 0.25) is 0 Å². The smallest absolute Gasteiger partial charge is 0.0778 e. The lowest BCUT2D eigenvalue weighted by Gasteiger charge is -2.43. The van der Waals surface area contributed by atoms with Crippen LogP contribution in [0, 0.1) is 6.92 Å². The van der Waals surface area contributed by atoms with Gasteiger partial charge in [0.2, 0.25) is 0 Å². The molecule has 1 aliphatic rings. The Bertz CT molecular complexity index is 445. The number of nitrogens with zero attached hydrogens (tertiary/aromatic N) is 3. The minimum atomic E-state index is -0.327. The molecule has 0 radical (unpaired) electrons. The van der Waals surface area contributed by atoms with Crippen molar-refractivity contribution in [3.63, 3.8) is 0 Å². The average Bonchev–Trinajstić information content (AvgIpc) is 2.66. The zero-order valence-corrected chi connectivity index (χ0v) is 14.1. The SMILES string of the molecule is CCn1nc(C)cc1CC(O)C1(N(C)C)CCCCCC1. The molecule has 120 valence electrons. The van der Waals surface area contributed by atoms with Gasteiger partial charge in [0.25, 0.3) is 0 Å². The number of rotatable bonds is 5. The van der Waals surface area contributed by atoms with E-state index in [2.05, 4.69) is 37.1 Å². The summed E-state index contributed by atoms with van der Waals surface area (Å²) in [5.41, 5.74) is 2.12. The van der Waals surface area contributed by atoms with Gasteiger partial charge in [-0.3, -0.25) is 4.68 Å². The zero-order chi connectivity index (χ0) is 15.5. The molecule has 21 heavy (non-hydrogen) atoms. The Hall–Kier alpha value is -0.870. The van der Waals surface area contributed by atoms with E-state index in [4.69, 9.17) is 0 Å². The van der Waals surface area contributed by atoms with Crippen LogP contribution in [0.25, 0.3) is 0 Å². The molecule has 2 rings (SSSR count). The standard InChI is InChI=1S/C17H31N3O/c1-5-20-15(12-14(2)18-20)13-16(21)17(19(3)4)10-8-6-7-9-11-17/h12,16,21H,5-11,13H2,1-4H3. The molecular weight excluding hydrogens is 262 g/mol. The molecule has 1 aromatic rings. The fourth-order valence-corrected chi connectivity index (χ4v) is 3.84. The van der Waals surface area contributed by atoms with Gasteiger partial charge in [0.05, 0.1) is 11.8 Å². The maximum absolute atomic E-state index is 11.0. The molecule has 1 heterocycles. The summed E-state index contributed by atoms with van der Waals surface area (Å²) < 4.78 is 2.03. The van der Waals surface area contributed by atoms with Crippen LogP contribution < -0.4 is 0 Å². The lowest BCUT2D eigenvalue weighted by molar-refractivity contribution is -0.0184. The van der Waals surface area contributed by atoms with Crippen molar-refractivity contribution in [1.29, 1.82) is 0 Å². The predicted octanol–water partition coefficient (Wildman–Crippen LogP) is 2.77. The van der Waals surface area contributed by atoms with Gasteiger partial charge in [0, 0.05) is 24.2 Å². The minimum Gasteiger partial charge on any atom is -0.391 e. The van der Waals surface area contributed by atoms with Crippen LogP contribution in [-0.2, 0) is 13.0 Å². The molecule has 1 atom stereocenters. The second-order valence-electron chi connectivity index (χ2n) is 6.72. The molecule has 0 bridgehead atoms. The number of aryl methyl sites for hydroxylation is 2. The third-order valence-electron chi connectivity index (χ3n) is 5.17. The average molecular weight is 293 g/mol. The Balaban J connectivity index is 2.20. The van der Waals surface area contributed by atoms with Crippen molar-refractivity contribution < 1.29 is 5.11 Å². The van der Waals surface area contributed by atoms with Crippen molar-refractivity contribution in [2.45, 2.75) is 77.0 Å². The van der Waals surface area contributed by atoms with Crippen LogP contribution in [0.5, 0.6) is 0 Å². The first-order valence-corrected chi connectivity index (χ1v) is 8.38. The fourth-order valence-electron chi connectivity index (χ4n) is 3.84. The summed E-state index contributed by atoms with van der Waals surface area (Å²) in [4.78, 5) is 2.27. The fraction of sp³-hybridized carbons (Fsp3) is 0.824. The largest absolute Gasteiger partial charge is 0.391 e. The Morgan fingerprint density at radius 1 is 1.29 bits per heavy atom. The van der Waals surface area contributed by atoms with Crippen molar-refractivity contribution in [2.75, 3.05) is 14.1 Å². The molecule has 0 amide bonds. The van der Waals surface area contributed by atoms with E-state index in [-0.39, 0.29) is 11.6 Å². The predicted molar refractivity (Wildman–Crippen MR) is 86.5 cm³/mol. The highest BCUT2D eigenvalue weighted by Crippen LogP contribution is 2.35. The molecule has 0 aliphatic heterocycles. The summed E-state index contributed by atoms with van der Waals surface area (Å²) in [6.45, 7) is 5.00. The third-order valence-corrected chi connectivity index (χ3v) is 5.17. The third kappa shape index (κ3) is 3.49. The van der Waals surface area contributed by atoms with Gasteiger partial charge >= 0.3 is 0 Å². The van der Waals surface area contributed by atoms with Crippen LogP contribution >= 0.6 is 0 Å². The van der Waals surface area contributed by atoms with Crippen LogP contribution in [0.1, 0.15) is 56.8 Å². The first-order chi connectivity index (χ1) is 9.99. The number of likely N-dealkylation sites (N-methyl/N-ethyl adjacent to an activating group) is 1. The maximum Gasteiger partial charge on any atom is 0.0778 e. The Labute approximate surface area is 129 Å². The van der Waals surface area contributed by atoms with Gasteiger partial charge in [-0.15, -0.1) is 0 Å². The molecular formula is C17H31N3O.